The lowest BCUT2D eigenvalue weighted by molar-refractivity contribution is 0.474. The molecule has 0 bridgehead atoms. The summed E-state index contributed by atoms with van der Waals surface area (Å²) >= 11 is 1.77. The number of phenols is 1. The van der Waals surface area contributed by atoms with Crippen molar-refractivity contribution in [3.05, 3.63) is 59.7 Å². The Kier molecular flexibility index (Phi) is 4.88. The van der Waals surface area contributed by atoms with Crippen LogP contribution in [0.4, 0.5) is 0 Å². The molecule has 1 atom stereocenters. The van der Waals surface area contributed by atoms with E-state index in [1.165, 1.54) is 10.5 Å². The van der Waals surface area contributed by atoms with Crippen molar-refractivity contribution in [3.8, 4) is 5.75 Å². The maximum atomic E-state index is 9.41. The van der Waals surface area contributed by atoms with Gasteiger partial charge >= 0.3 is 0 Å². The van der Waals surface area contributed by atoms with Crippen molar-refractivity contribution in [2.75, 3.05) is 5.75 Å². The number of hydrogen-bond acceptors (Lipinski definition) is 3. The molecule has 0 aliphatic carbocycles. The third-order valence-corrected chi connectivity index (χ3v) is 4.09. The van der Waals surface area contributed by atoms with E-state index in [9.17, 15) is 5.11 Å². The molecule has 3 N–H and O–H groups in total. The van der Waals surface area contributed by atoms with Gasteiger partial charge in [-0.3, -0.25) is 0 Å². The maximum absolute atomic E-state index is 9.41. The average molecular weight is 273 g/mol. The molecule has 2 aromatic carbocycles. The van der Waals surface area contributed by atoms with Gasteiger partial charge in [0.15, 0.2) is 0 Å². The summed E-state index contributed by atoms with van der Waals surface area (Å²) < 4.78 is 0. The second kappa shape index (κ2) is 6.64. The summed E-state index contributed by atoms with van der Waals surface area (Å²) in [6.45, 7) is 2.09. The van der Waals surface area contributed by atoms with E-state index in [0.29, 0.717) is 5.75 Å². The predicted octanol–water partition coefficient (Wildman–Crippen LogP) is 3.36. The third-order valence-electron chi connectivity index (χ3n) is 2.89. The zero-order valence-corrected chi connectivity index (χ0v) is 11.9. The fourth-order valence-corrected chi connectivity index (χ4v) is 2.74. The standard InChI is InChI=1S/C16H19NOS/c1-12-5-7-16(8-6-12)19-11-14(17)9-13-3-2-4-15(18)10-13/h2-8,10,14,18H,9,11,17H2,1H3. The quantitative estimate of drug-likeness (QED) is 0.821. The molecular formula is C16H19NOS. The summed E-state index contributed by atoms with van der Waals surface area (Å²) in [5.74, 6) is 1.18. The van der Waals surface area contributed by atoms with Crippen molar-refractivity contribution in [2.45, 2.75) is 24.3 Å². The van der Waals surface area contributed by atoms with Crippen molar-refractivity contribution < 1.29 is 5.11 Å². The molecule has 0 aromatic heterocycles. The number of hydrogen-bond donors (Lipinski definition) is 2. The van der Waals surface area contributed by atoms with Gasteiger partial charge in [-0.15, -0.1) is 11.8 Å². The normalized spacial score (nSPS) is 12.3. The van der Waals surface area contributed by atoms with Gasteiger partial charge in [0.1, 0.15) is 5.75 Å². The number of benzene rings is 2. The van der Waals surface area contributed by atoms with Gasteiger partial charge in [-0.25, -0.2) is 0 Å². The van der Waals surface area contributed by atoms with Crippen molar-refractivity contribution in [1.29, 1.82) is 0 Å². The Balaban J connectivity index is 1.84. The van der Waals surface area contributed by atoms with E-state index < -0.39 is 0 Å². The van der Waals surface area contributed by atoms with Gasteiger partial charge in [-0.1, -0.05) is 29.8 Å². The fourth-order valence-electron chi connectivity index (χ4n) is 1.88. The SMILES string of the molecule is Cc1ccc(SCC(N)Cc2cccc(O)c2)cc1. The highest BCUT2D eigenvalue weighted by Gasteiger charge is 2.05. The average Bonchev–Trinajstić information content (AvgIpc) is 2.38. The predicted molar refractivity (Wildman–Crippen MR) is 81.7 cm³/mol. The molecule has 2 rings (SSSR count). The van der Waals surface area contributed by atoms with Crippen molar-refractivity contribution >= 4 is 11.8 Å². The Morgan fingerprint density at radius 1 is 1.16 bits per heavy atom. The van der Waals surface area contributed by atoms with E-state index in [4.69, 9.17) is 5.73 Å². The summed E-state index contributed by atoms with van der Waals surface area (Å²) in [4.78, 5) is 1.25. The van der Waals surface area contributed by atoms with Crippen LogP contribution in [0, 0.1) is 6.92 Å². The second-order valence-electron chi connectivity index (χ2n) is 4.76. The Morgan fingerprint density at radius 3 is 2.58 bits per heavy atom. The molecule has 100 valence electrons. The minimum atomic E-state index is 0.0908. The molecule has 0 amide bonds. The Morgan fingerprint density at radius 2 is 1.89 bits per heavy atom. The molecule has 19 heavy (non-hydrogen) atoms. The zero-order chi connectivity index (χ0) is 13.7. The Labute approximate surface area is 118 Å². The summed E-state index contributed by atoms with van der Waals surface area (Å²) in [5, 5.41) is 9.41. The first-order valence-electron chi connectivity index (χ1n) is 6.36. The molecule has 0 spiro atoms. The van der Waals surface area contributed by atoms with Crippen LogP contribution in [-0.4, -0.2) is 16.9 Å². The van der Waals surface area contributed by atoms with Crippen LogP contribution in [0.3, 0.4) is 0 Å². The summed E-state index contributed by atoms with van der Waals surface area (Å²) in [5.41, 5.74) is 8.48. The molecule has 0 aliphatic rings. The molecular weight excluding hydrogens is 254 g/mol. The van der Waals surface area contributed by atoms with Crippen LogP contribution in [0.5, 0.6) is 5.75 Å². The lowest BCUT2D eigenvalue weighted by atomic mass is 10.1. The van der Waals surface area contributed by atoms with Gasteiger partial charge in [0.2, 0.25) is 0 Å². The van der Waals surface area contributed by atoms with E-state index in [1.54, 1.807) is 23.9 Å². The number of aromatic hydroxyl groups is 1. The summed E-state index contributed by atoms with van der Waals surface area (Å²) in [7, 11) is 0. The third kappa shape index (κ3) is 4.62. The van der Waals surface area contributed by atoms with E-state index in [1.807, 2.05) is 12.1 Å². The molecule has 2 nitrogen and oxygen atoms in total. The van der Waals surface area contributed by atoms with Crippen LogP contribution in [0.25, 0.3) is 0 Å². The minimum absolute atomic E-state index is 0.0908. The molecule has 0 radical (unpaired) electrons. The number of thioether (sulfide) groups is 1. The molecule has 0 saturated carbocycles. The van der Waals surface area contributed by atoms with E-state index in [-0.39, 0.29) is 6.04 Å². The van der Waals surface area contributed by atoms with Gasteiger partial charge in [-0.05, 0) is 43.2 Å². The number of nitrogens with two attached hydrogens (primary N) is 1. The Bertz CT molecular complexity index is 525. The first kappa shape index (κ1) is 14.0. The zero-order valence-electron chi connectivity index (χ0n) is 11.0. The van der Waals surface area contributed by atoms with E-state index >= 15 is 0 Å². The van der Waals surface area contributed by atoms with Crippen LogP contribution in [0.1, 0.15) is 11.1 Å². The van der Waals surface area contributed by atoms with E-state index in [2.05, 4.69) is 31.2 Å². The molecule has 0 aliphatic heterocycles. The second-order valence-corrected chi connectivity index (χ2v) is 5.85. The highest BCUT2D eigenvalue weighted by Crippen LogP contribution is 2.20. The minimum Gasteiger partial charge on any atom is -0.508 e. The fraction of sp³-hybridized carbons (Fsp3) is 0.250. The lowest BCUT2D eigenvalue weighted by Crippen LogP contribution is -2.25. The molecule has 1 unspecified atom stereocenters. The van der Waals surface area contributed by atoms with Crippen molar-refractivity contribution in [1.82, 2.24) is 0 Å². The van der Waals surface area contributed by atoms with Crippen LogP contribution in [0.15, 0.2) is 53.4 Å². The molecule has 0 heterocycles. The Hall–Kier alpha value is -1.45. The van der Waals surface area contributed by atoms with Gasteiger partial charge < -0.3 is 10.8 Å². The molecule has 2 aromatic rings. The number of phenolic OH excluding ortho intramolecular Hbond substituents is 1. The van der Waals surface area contributed by atoms with Gasteiger partial charge in [0.25, 0.3) is 0 Å². The monoisotopic (exact) mass is 273 g/mol. The van der Waals surface area contributed by atoms with Gasteiger partial charge in [-0.2, -0.15) is 0 Å². The molecule has 0 fully saturated rings. The van der Waals surface area contributed by atoms with Crippen molar-refractivity contribution in [3.63, 3.8) is 0 Å². The van der Waals surface area contributed by atoms with Gasteiger partial charge in [0.05, 0.1) is 0 Å². The molecule has 0 saturated heterocycles. The topological polar surface area (TPSA) is 46.2 Å². The summed E-state index contributed by atoms with van der Waals surface area (Å²) in [6.07, 6.45) is 0.785. The first-order valence-corrected chi connectivity index (χ1v) is 7.35. The smallest absolute Gasteiger partial charge is 0.115 e. The van der Waals surface area contributed by atoms with Crippen LogP contribution < -0.4 is 5.73 Å². The lowest BCUT2D eigenvalue weighted by Gasteiger charge is -2.11. The largest absolute Gasteiger partial charge is 0.508 e. The maximum Gasteiger partial charge on any atom is 0.115 e. The van der Waals surface area contributed by atoms with Crippen molar-refractivity contribution in [2.24, 2.45) is 5.73 Å². The summed E-state index contributed by atoms with van der Waals surface area (Å²) in [6, 6.07) is 15.9. The van der Waals surface area contributed by atoms with Crippen LogP contribution in [-0.2, 0) is 6.42 Å². The van der Waals surface area contributed by atoms with Crippen LogP contribution in [0.2, 0.25) is 0 Å². The van der Waals surface area contributed by atoms with Crippen LogP contribution >= 0.6 is 11.8 Å². The van der Waals surface area contributed by atoms with Gasteiger partial charge in [0, 0.05) is 16.7 Å². The number of rotatable bonds is 5. The highest BCUT2D eigenvalue weighted by atomic mass is 32.2. The van der Waals surface area contributed by atoms with E-state index in [0.717, 1.165) is 17.7 Å². The highest BCUT2D eigenvalue weighted by molar-refractivity contribution is 7.99. The molecule has 3 heteroatoms. The first-order chi connectivity index (χ1) is 9.13. The number of aryl methyl sites for hydroxylation is 1.